The summed E-state index contributed by atoms with van der Waals surface area (Å²) in [5.41, 5.74) is 0. The summed E-state index contributed by atoms with van der Waals surface area (Å²) in [6.45, 7) is 3.26. The molecule has 1 saturated carbocycles. The van der Waals surface area contributed by atoms with Gasteiger partial charge in [0.1, 0.15) is 5.03 Å². The molecule has 2 atom stereocenters. The van der Waals surface area contributed by atoms with E-state index in [1.165, 1.54) is 19.3 Å². The van der Waals surface area contributed by atoms with Crippen LogP contribution in [0.25, 0.3) is 0 Å². The average Bonchev–Trinajstić information content (AvgIpc) is 2.70. The van der Waals surface area contributed by atoms with Crippen molar-refractivity contribution in [1.82, 2.24) is 10.3 Å². The van der Waals surface area contributed by atoms with Crippen molar-refractivity contribution in [1.29, 1.82) is 0 Å². The number of nitrogens with zero attached hydrogens (tertiary/aromatic N) is 1. The summed E-state index contributed by atoms with van der Waals surface area (Å²) in [5.74, 6) is 0. The van der Waals surface area contributed by atoms with E-state index in [-0.39, 0.29) is 0 Å². The van der Waals surface area contributed by atoms with E-state index in [0.29, 0.717) is 6.04 Å². The van der Waals surface area contributed by atoms with E-state index in [1.54, 1.807) is 0 Å². The van der Waals surface area contributed by atoms with E-state index >= 15 is 0 Å². The van der Waals surface area contributed by atoms with Crippen LogP contribution in [0.3, 0.4) is 0 Å². The summed E-state index contributed by atoms with van der Waals surface area (Å²) in [5, 5.41) is 5.38. The largest absolute Gasteiger partial charge is 0.314 e. The van der Waals surface area contributed by atoms with Crippen molar-refractivity contribution in [2.24, 2.45) is 0 Å². The molecule has 2 rings (SSSR count). The van der Waals surface area contributed by atoms with Gasteiger partial charge in [-0.2, -0.15) is 0 Å². The van der Waals surface area contributed by atoms with Crippen LogP contribution in [0, 0.1) is 0 Å². The first-order valence-corrected chi connectivity index (χ1v) is 7.47. The summed E-state index contributed by atoms with van der Waals surface area (Å²) < 4.78 is 1.12. The number of hydrogen-bond donors (Lipinski definition) is 1. The molecule has 1 N–H and O–H groups in total. The number of hydrogen-bond acceptors (Lipinski definition) is 3. The van der Waals surface area contributed by atoms with Gasteiger partial charge in [0.25, 0.3) is 0 Å². The Bertz CT molecular complexity index is 346. The maximum absolute atomic E-state index is 4.41. The van der Waals surface area contributed by atoms with Crippen LogP contribution < -0.4 is 5.32 Å². The molecule has 88 valence electrons. The molecule has 2 nitrogen and oxygen atoms in total. The number of thioether (sulfide) groups is 1. The first-order chi connectivity index (χ1) is 7.79. The van der Waals surface area contributed by atoms with Gasteiger partial charge in [-0.15, -0.1) is 11.8 Å². The Morgan fingerprint density at radius 2 is 2.44 bits per heavy atom. The Hall–Kier alpha value is -0.0600. The molecule has 0 radical (unpaired) electrons. The molecule has 1 aromatic heterocycles. The van der Waals surface area contributed by atoms with Crippen molar-refractivity contribution in [2.45, 2.75) is 42.5 Å². The number of nitrogens with one attached hydrogen (secondary N) is 1. The predicted octanol–water partition coefficient (Wildman–Crippen LogP) is 3.47. The van der Waals surface area contributed by atoms with Gasteiger partial charge in [0, 0.05) is 22.0 Å². The maximum atomic E-state index is 4.41. The molecule has 0 amide bonds. The van der Waals surface area contributed by atoms with Crippen LogP contribution in [0.1, 0.15) is 26.2 Å². The summed E-state index contributed by atoms with van der Waals surface area (Å²) in [6.07, 6.45) is 5.73. The van der Waals surface area contributed by atoms with Gasteiger partial charge in [0.2, 0.25) is 0 Å². The van der Waals surface area contributed by atoms with Gasteiger partial charge in [-0.05, 0) is 53.9 Å². The highest BCUT2D eigenvalue weighted by atomic mass is 79.9. The van der Waals surface area contributed by atoms with Crippen LogP contribution >= 0.6 is 27.7 Å². The molecular formula is C12H17BrN2S. The second kappa shape index (κ2) is 6.03. The summed E-state index contributed by atoms with van der Waals surface area (Å²) >= 11 is 5.46. The molecular weight excluding hydrogens is 284 g/mol. The Morgan fingerprint density at radius 1 is 1.56 bits per heavy atom. The molecule has 1 fully saturated rings. The van der Waals surface area contributed by atoms with E-state index in [1.807, 2.05) is 24.0 Å². The van der Waals surface area contributed by atoms with Crippen molar-refractivity contribution in [3.63, 3.8) is 0 Å². The van der Waals surface area contributed by atoms with Crippen LogP contribution in [0.2, 0.25) is 0 Å². The standard InChI is InChI=1S/C12H17BrN2S/c1-2-14-9-5-6-10(8-9)16-12-11(13)4-3-7-15-12/h3-4,7,9-10,14H,2,5-6,8H2,1H3. The second-order valence-electron chi connectivity index (χ2n) is 4.10. The minimum atomic E-state index is 0.713. The Labute approximate surface area is 110 Å². The lowest BCUT2D eigenvalue weighted by Crippen LogP contribution is -2.26. The van der Waals surface area contributed by atoms with Crippen molar-refractivity contribution in [3.05, 3.63) is 22.8 Å². The lowest BCUT2D eigenvalue weighted by Gasteiger charge is -2.11. The molecule has 2 unspecified atom stereocenters. The predicted molar refractivity (Wildman–Crippen MR) is 72.9 cm³/mol. The van der Waals surface area contributed by atoms with Gasteiger partial charge in [-0.1, -0.05) is 6.92 Å². The third-order valence-electron chi connectivity index (χ3n) is 2.88. The monoisotopic (exact) mass is 300 g/mol. The summed E-state index contributed by atoms with van der Waals surface area (Å²) in [7, 11) is 0. The zero-order valence-corrected chi connectivity index (χ0v) is 11.9. The van der Waals surface area contributed by atoms with Crippen molar-refractivity contribution in [3.8, 4) is 0 Å². The van der Waals surface area contributed by atoms with E-state index in [4.69, 9.17) is 0 Å². The van der Waals surface area contributed by atoms with Crippen molar-refractivity contribution < 1.29 is 0 Å². The first-order valence-electron chi connectivity index (χ1n) is 5.80. The Morgan fingerprint density at radius 3 is 3.19 bits per heavy atom. The topological polar surface area (TPSA) is 24.9 Å². The first kappa shape index (κ1) is 12.4. The Kier molecular flexibility index (Phi) is 4.67. The lowest BCUT2D eigenvalue weighted by molar-refractivity contribution is 0.543. The van der Waals surface area contributed by atoms with Gasteiger partial charge in [0.15, 0.2) is 0 Å². The van der Waals surface area contributed by atoms with E-state index in [2.05, 4.69) is 39.2 Å². The minimum Gasteiger partial charge on any atom is -0.314 e. The molecule has 0 spiro atoms. The number of rotatable bonds is 4. The SMILES string of the molecule is CCNC1CCC(Sc2ncccc2Br)C1. The Balaban J connectivity index is 1.90. The van der Waals surface area contributed by atoms with E-state index in [0.717, 1.165) is 21.3 Å². The van der Waals surface area contributed by atoms with Gasteiger partial charge < -0.3 is 5.32 Å². The zero-order chi connectivity index (χ0) is 11.4. The zero-order valence-electron chi connectivity index (χ0n) is 9.45. The van der Waals surface area contributed by atoms with Crippen molar-refractivity contribution in [2.75, 3.05) is 6.54 Å². The molecule has 1 aliphatic carbocycles. The quantitative estimate of drug-likeness (QED) is 0.922. The number of halogens is 1. The molecule has 0 aromatic carbocycles. The fourth-order valence-corrected chi connectivity index (χ4v) is 3.87. The molecule has 4 heteroatoms. The fraction of sp³-hybridized carbons (Fsp3) is 0.583. The van der Waals surface area contributed by atoms with E-state index in [9.17, 15) is 0 Å². The third-order valence-corrected chi connectivity index (χ3v) is 5.09. The van der Waals surface area contributed by atoms with Crippen LogP contribution in [-0.4, -0.2) is 22.8 Å². The summed E-state index contributed by atoms with van der Waals surface area (Å²) in [6, 6.07) is 4.74. The van der Waals surface area contributed by atoms with Gasteiger partial charge >= 0.3 is 0 Å². The second-order valence-corrected chi connectivity index (χ2v) is 6.24. The molecule has 0 bridgehead atoms. The lowest BCUT2D eigenvalue weighted by atomic mass is 10.2. The smallest absolute Gasteiger partial charge is 0.110 e. The summed E-state index contributed by atoms with van der Waals surface area (Å²) in [4.78, 5) is 4.41. The number of aromatic nitrogens is 1. The molecule has 1 aromatic rings. The van der Waals surface area contributed by atoms with Crippen LogP contribution in [0.5, 0.6) is 0 Å². The maximum Gasteiger partial charge on any atom is 0.110 e. The number of pyridine rings is 1. The molecule has 1 aliphatic rings. The van der Waals surface area contributed by atoms with Gasteiger partial charge in [-0.3, -0.25) is 0 Å². The molecule has 0 aliphatic heterocycles. The third kappa shape index (κ3) is 3.22. The molecule has 16 heavy (non-hydrogen) atoms. The highest BCUT2D eigenvalue weighted by Gasteiger charge is 2.25. The minimum absolute atomic E-state index is 0.713. The highest BCUT2D eigenvalue weighted by Crippen LogP contribution is 2.36. The van der Waals surface area contributed by atoms with Gasteiger partial charge in [-0.25, -0.2) is 4.98 Å². The van der Waals surface area contributed by atoms with E-state index < -0.39 is 0 Å². The van der Waals surface area contributed by atoms with Crippen molar-refractivity contribution >= 4 is 27.7 Å². The van der Waals surface area contributed by atoms with Crippen LogP contribution in [-0.2, 0) is 0 Å². The molecule has 1 heterocycles. The highest BCUT2D eigenvalue weighted by molar-refractivity contribution is 9.10. The van der Waals surface area contributed by atoms with Crippen LogP contribution in [0.4, 0.5) is 0 Å². The van der Waals surface area contributed by atoms with Crippen LogP contribution in [0.15, 0.2) is 27.8 Å². The average molecular weight is 301 g/mol. The fourth-order valence-electron chi connectivity index (χ4n) is 2.14. The normalized spacial score (nSPS) is 24.9. The van der Waals surface area contributed by atoms with Gasteiger partial charge in [0.05, 0.1) is 0 Å². The molecule has 0 saturated heterocycles.